The van der Waals surface area contributed by atoms with Gasteiger partial charge in [0.25, 0.3) is 11.7 Å². The number of primary amides is 1. The van der Waals surface area contributed by atoms with Crippen LogP contribution in [0.2, 0.25) is 0 Å². The first-order chi connectivity index (χ1) is 11.7. The molecule has 3 rings (SSSR count). The van der Waals surface area contributed by atoms with Gasteiger partial charge in [0.2, 0.25) is 5.89 Å². The lowest BCUT2D eigenvalue weighted by Crippen LogP contribution is -2.23. The van der Waals surface area contributed by atoms with Crippen LogP contribution >= 0.6 is 0 Å². The van der Waals surface area contributed by atoms with Crippen LogP contribution in [0.3, 0.4) is 0 Å². The quantitative estimate of drug-likeness (QED) is 0.872. The molecule has 0 bridgehead atoms. The third-order valence-electron chi connectivity index (χ3n) is 4.09. The van der Waals surface area contributed by atoms with E-state index in [1.165, 1.54) is 0 Å². The minimum absolute atomic E-state index is 0.0212. The maximum absolute atomic E-state index is 11.1. The lowest BCUT2D eigenvalue weighted by Gasteiger charge is -2.19. The summed E-state index contributed by atoms with van der Waals surface area (Å²) in [4.78, 5) is 17.4. The Morgan fingerprint density at radius 2 is 2.33 bits per heavy atom. The number of amides is 1. The molecule has 1 saturated heterocycles. The number of rotatable bonds is 6. The van der Waals surface area contributed by atoms with Crippen molar-refractivity contribution in [3.8, 4) is 5.75 Å². The number of hydrogen-bond acceptors (Lipinski definition) is 6. The molecule has 1 fully saturated rings. The molecule has 0 radical (unpaired) electrons. The number of ether oxygens (including phenoxy) is 1. The van der Waals surface area contributed by atoms with E-state index < -0.39 is 5.91 Å². The number of nitrogens with two attached hydrogens (primary N) is 1. The first-order valence-corrected chi connectivity index (χ1v) is 7.86. The molecule has 2 N–H and O–H groups in total. The number of carbonyl (C=O) groups excluding carboxylic acids is 1. The van der Waals surface area contributed by atoms with Crippen LogP contribution in [0.25, 0.3) is 6.08 Å². The Kier molecular flexibility index (Phi) is 4.90. The zero-order chi connectivity index (χ0) is 16.9. The van der Waals surface area contributed by atoms with Crippen LogP contribution in [0.15, 0.2) is 34.9 Å². The van der Waals surface area contributed by atoms with Crippen LogP contribution in [0.5, 0.6) is 5.75 Å². The third-order valence-corrected chi connectivity index (χ3v) is 4.09. The number of hydrogen-bond donors (Lipinski definition) is 1. The van der Waals surface area contributed by atoms with Crippen LogP contribution in [0.1, 0.15) is 41.0 Å². The van der Waals surface area contributed by atoms with Gasteiger partial charge in [-0.2, -0.15) is 4.98 Å². The van der Waals surface area contributed by atoms with E-state index in [0.29, 0.717) is 5.89 Å². The Labute approximate surface area is 140 Å². The largest absolute Gasteiger partial charge is 0.496 e. The molecule has 24 heavy (non-hydrogen) atoms. The van der Waals surface area contributed by atoms with Crippen LogP contribution in [0, 0.1) is 0 Å². The number of benzene rings is 1. The van der Waals surface area contributed by atoms with Gasteiger partial charge in [0.1, 0.15) is 5.75 Å². The summed E-state index contributed by atoms with van der Waals surface area (Å²) in [6, 6.07) is 7.88. The Morgan fingerprint density at radius 3 is 3.08 bits per heavy atom. The van der Waals surface area contributed by atoms with Crippen molar-refractivity contribution >= 4 is 12.0 Å². The van der Waals surface area contributed by atoms with Gasteiger partial charge < -0.3 is 15.0 Å². The molecule has 1 aromatic heterocycles. The van der Waals surface area contributed by atoms with E-state index in [2.05, 4.69) is 21.1 Å². The Hall–Kier alpha value is -2.67. The minimum atomic E-state index is -0.675. The third kappa shape index (κ3) is 3.46. The van der Waals surface area contributed by atoms with E-state index in [4.69, 9.17) is 15.0 Å². The van der Waals surface area contributed by atoms with Gasteiger partial charge in [-0.05, 0) is 25.5 Å². The summed E-state index contributed by atoms with van der Waals surface area (Å²) in [5, 5.41) is 3.62. The van der Waals surface area contributed by atoms with E-state index in [-0.39, 0.29) is 11.9 Å². The summed E-state index contributed by atoms with van der Waals surface area (Å²) in [6.45, 7) is 1.69. The van der Waals surface area contributed by atoms with E-state index in [9.17, 15) is 4.79 Å². The summed E-state index contributed by atoms with van der Waals surface area (Å²) in [5.74, 6) is 0.550. The summed E-state index contributed by atoms with van der Waals surface area (Å²) >= 11 is 0. The van der Waals surface area contributed by atoms with Crippen molar-refractivity contribution in [2.75, 3.05) is 20.2 Å². The van der Waals surface area contributed by atoms with Crippen LogP contribution in [-0.2, 0) is 0 Å². The zero-order valence-electron chi connectivity index (χ0n) is 13.5. The molecule has 1 amide bonds. The average molecular weight is 328 g/mol. The maximum Gasteiger partial charge on any atom is 0.290 e. The normalized spacial score (nSPS) is 18.3. The standard InChI is InChI=1S/C17H20N4O3/c1-23-14-9-3-2-6-12(14)7-4-10-21-11-5-8-13(21)17-19-16(15(18)22)20-24-17/h2-4,6-7,9,13H,5,8,10-11H2,1H3,(H2,18,22)/b7-4+. The van der Waals surface area contributed by atoms with Crippen LogP contribution < -0.4 is 10.5 Å². The summed E-state index contributed by atoms with van der Waals surface area (Å²) in [7, 11) is 1.66. The summed E-state index contributed by atoms with van der Waals surface area (Å²) in [5.41, 5.74) is 6.20. The average Bonchev–Trinajstić information content (AvgIpc) is 3.24. The number of nitrogens with zero attached hydrogens (tertiary/aromatic N) is 3. The van der Waals surface area contributed by atoms with Gasteiger partial charge in [-0.3, -0.25) is 9.69 Å². The molecule has 0 aliphatic carbocycles. The van der Waals surface area contributed by atoms with Crippen molar-refractivity contribution in [1.29, 1.82) is 0 Å². The molecule has 1 aliphatic heterocycles. The number of likely N-dealkylation sites (tertiary alicyclic amines) is 1. The lowest BCUT2D eigenvalue weighted by atomic mass is 10.2. The van der Waals surface area contributed by atoms with Crippen LogP contribution in [0.4, 0.5) is 0 Å². The van der Waals surface area contributed by atoms with Crippen LogP contribution in [-0.4, -0.2) is 41.1 Å². The van der Waals surface area contributed by atoms with Crippen molar-refractivity contribution in [3.63, 3.8) is 0 Å². The second kappa shape index (κ2) is 7.27. The molecule has 1 atom stereocenters. The highest BCUT2D eigenvalue weighted by atomic mass is 16.5. The van der Waals surface area contributed by atoms with Gasteiger partial charge in [-0.15, -0.1) is 0 Å². The van der Waals surface area contributed by atoms with Crippen molar-refractivity contribution in [2.24, 2.45) is 5.73 Å². The van der Waals surface area contributed by atoms with Gasteiger partial charge in [0.05, 0.1) is 13.2 Å². The van der Waals surface area contributed by atoms with Gasteiger partial charge in [0.15, 0.2) is 0 Å². The SMILES string of the molecule is COc1ccccc1/C=C/CN1CCCC1c1nc(C(N)=O)no1. The van der Waals surface area contributed by atoms with E-state index in [0.717, 1.165) is 37.2 Å². The number of carbonyl (C=O) groups is 1. The fraction of sp³-hybridized carbons (Fsp3) is 0.353. The molecule has 1 aromatic carbocycles. The second-order valence-electron chi connectivity index (χ2n) is 5.62. The number of aromatic nitrogens is 2. The fourth-order valence-electron chi connectivity index (χ4n) is 2.91. The van der Waals surface area contributed by atoms with Gasteiger partial charge >= 0.3 is 0 Å². The summed E-state index contributed by atoms with van der Waals surface area (Å²) < 4.78 is 10.5. The van der Waals surface area contributed by atoms with Gasteiger partial charge in [-0.25, -0.2) is 0 Å². The first kappa shape index (κ1) is 16.2. The molecule has 0 spiro atoms. The maximum atomic E-state index is 11.1. The predicted molar refractivity (Wildman–Crippen MR) is 88.4 cm³/mol. The highest BCUT2D eigenvalue weighted by molar-refractivity contribution is 5.88. The van der Waals surface area contributed by atoms with Gasteiger partial charge in [0, 0.05) is 12.1 Å². The predicted octanol–water partition coefficient (Wildman–Crippen LogP) is 2.03. The topological polar surface area (TPSA) is 94.5 Å². The molecule has 126 valence electrons. The Bertz CT molecular complexity index is 741. The monoisotopic (exact) mass is 328 g/mol. The molecule has 0 saturated carbocycles. The fourth-order valence-corrected chi connectivity index (χ4v) is 2.91. The molecule has 2 heterocycles. The molecule has 2 aromatic rings. The zero-order valence-corrected chi connectivity index (χ0v) is 13.5. The van der Waals surface area contributed by atoms with Crippen molar-refractivity contribution in [1.82, 2.24) is 15.0 Å². The van der Waals surface area contributed by atoms with E-state index in [1.54, 1.807) is 7.11 Å². The van der Waals surface area contributed by atoms with Crippen molar-refractivity contribution < 1.29 is 14.1 Å². The van der Waals surface area contributed by atoms with Crippen molar-refractivity contribution in [2.45, 2.75) is 18.9 Å². The molecule has 1 aliphatic rings. The lowest BCUT2D eigenvalue weighted by molar-refractivity contribution is 0.0987. The Balaban J connectivity index is 1.67. The van der Waals surface area contributed by atoms with Gasteiger partial charge in [-0.1, -0.05) is 35.5 Å². The van der Waals surface area contributed by atoms with Crippen molar-refractivity contribution in [3.05, 3.63) is 47.6 Å². The van der Waals surface area contributed by atoms with E-state index in [1.807, 2.05) is 30.3 Å². The number of methoxy groups -OCH3 is 1. The molecular weight excluding hydrogens is 308 g/mol. The first-order valence-electron chi connectivity index (χ1n) is 7.86. The molecule has 7 heteroatoms. The summed E-state index contributed by atoms with van der Waals surface area (Å²) in [6.07, 6.45) is 6.09. The second-order valence-corrected chi connectivity index (χ2v) is 5.62. The molecule has 1 unspecified atom stereocenters. The smallest absolute Gasteiger partial charge is 0.290 e. The highest BCUT2D eigenvalue weighted by Crippen LogP contribution is 2.30. The highest BCUT2D eigenvalue weighted by Gasteiger charge is 2.30. The molecule has 7 nitrogen and oxygen atoms in total. The van der Waals surface area contributed by atoms with E-state index >= 15 is 0 Å². The molecular formula is C17H20N4O3. The minimum Gasteiger partial charge on any atom is -0.496 e. The number of para-hydroxylation sites is 1. The Morgan fingerprint density at radius 1 is 1.50 bits per heavy atom.